The first kappa shape index (κ1) is 20.5. The molecular formula is C24H30N4O2. The van der Waals surface area contributed by atoms with Gasteiger partial charge < -0.3 is 9.80 Å². The van der Waals surface area contributed by atoms with Crippen molar-refractivity contribution in [3.8, 4) is 0 Å². The Morgan fingerprint density at radius 3 is 2.27 bits per heavy atom. The van der Waals surface area contributed by atoms with Crippen LogP contribution in [-0.4, -0.2) is 70.4 Å². The third-order valence-corrected chi connectivity index (χ3v) is 6.64. The van der Waals surface area contributed by atoms with Crippen LogP contribution in [0.25, 0.3) is 0 Å². The van der Waals surface area contributed by atoms with Crippen LogP contribution in [0.2, 0.25) is 0 Å². The van der Waals surface area contributed by atoms with Gasteiger partial charge in [0, 0.05) is 45.6 Å². The Bertz CT molecular complexity index is 863. The molecule has 0 radical (unpaired) electrons. The lowest BCUT2D eigenvalue weighted by Gasteiger charge is -2.40. The van der Waals surface area contributed by atoms with Crippen LogP contribution in [0, 0.1) is 0 Å². The van der Waals surface area contributed by atoms with Crippen LogP contribution in [0.1, 0.15) is 30.4 Å². The molecule has 4 rings (SSSR count). The Morgan fingerprint density at radius 2 is 1.57 bits per heavy atom. The van der Waals surface area contributed by atoms with Gasteiger partial charge >= 0.3 is 6.03 Å². The molecule has 2 aliphatic rings. The first-order chi connectivity index (χ1) is 14.6. The summed E-state index contributed by atoms with van der Waals surface area (Å²) in [5.74, 6) is -0.00700. The minimum atomic E-state index is -0.656. The number of aromatic nitrogens is 1. The molecule has 1 aromatic heterocycles. The topological polar surface area (TPSA) is 56.8 Å². The lowest BCUT2D eigenvalue weighted by atomic mass is 9.86. The smallest absolute Gasteiger partial charge is 0.312 e. The van der Waals surface area contributed by atoms with Gasteiger partial charge in [0.05, 0.1) is 0 Å². The van der Waals surface area contributed by atoms with Gasteiger partial charge in [-0.15, -0.1) is 0 Å². The predicted octanol–water partition coefficient (Wildman–Crippen LogP) is 2.99. The Hall–Kier alpha value is -2.73. The van der Waals surface area contributed by atoms with Gasteiger partial charge in [0.2, 0.25) is 0 Å². The van der Waals surface area contributed by atoms with E-state index in [2.05, 4.69) is 34.1 Å². The number of benzene rings is 1. The fourth-order valence-corrected chi connectivity index (χ4v) is 4.66. The lowest BCUT2D eigenvalue weighted by Crippen LogP contribution is -2.55. The van der Waals surface area contributed by atoms with Crippen LogP contribution in [0.15, 0.2) is 54.9 Å². The summed E-state index contributed by atoms with van der Waals surface area (Å²) in [7, 11) is 1.79. The normalized spacial score (nSPS) is 19.1. The highest BCUT2D eigenvalue weighted by atomic mass is 16.2. The second-order valence-corrected chi connectivity index (χ2v) is 8.37. The summed E-state index contributed by atoms with van der Waals surface area (Å²) < 4.78 is 0. The number of piperidine rings is 1. The number of carbonyl (C=O) groups excluding carboxylic acids is 2. The fourth-order valence-electron chi connectivity index (χ4n) is 4.66. The Labute approximate surface area is 178 Å². The average Bonchev–Trinajstić information content (AvgIpc) is 2.96. The molecule has 3 heterocycles. The molecule has 6 heteroatoms. The predicted molar refractivity (Wildman–Crippen MR) is 116 cm³/mol. The molecule has 1 spiro atoms. The van der Waals surface area contributed by atoms with Crippen LogP contribution < -0.4 is 0 Å². The minimum absolute atomic E-state index is 0.00700. The maximum atomic E-state index is 13.3. The molecule has 0 unspecified atom stereocenters. The summed E-state index contributed by atoms with van der Waals surface area (Å²) in [4.78, 5) is 35.7. The number of nitrogens with zero attached hydrogens (tertiary/aromatic N) is 4. The van der Waals surface area contributed by atoms with E-state index in [1.54, 1.807) is 24.3 Å². The van der Waals surface area contributed by atoms with E-state index in [0.29, 0.717) is 19.4 Å². The van der Waals surface area contributed by atoms with Crippen molar-refractivity contribution in [2.45, 2.75) is 37.6 Å². The van der Waals surface area contributed by atoms with E-state index in [-0.39, 0.29) is 11.9 Å². The summed E-state index contributed by atoms with van der Waals surface area (Å²) in [6, 6.07) is 14.3. The number of amides is 3. The maximum Gasteiger partial charge on any atom is 0.327 e. The third kappa shape index (κ3) is 4.10. The fraction of sp³-hybridized carbons (Fsp3) is 0.458. The third-order valence-electron chi connectivity index (χ3n) is 6.64. The minimum Gasteiger partial charge on any atom is -0.312 e. The number of hydrogen-bond donors (Lipinski definition) is 0. The van der Waals surface area contributed by atoms with Crippen molar-refractivity contribution in [1.82, 2.24) is 19.7 Å². The highest BCUT2D eigenvalue weighted by Crippen LogP contribution is 2.36. The Morgan fingerprint density at radius 1 is 0.900 bits per heavy atom. The molecule has 0 saturated carbocycles. The van der Waals surface area contributed by atoms with Gasteiger partial charge in [-0.05, 0) is 55.4 Å². The molecule has 0 atom stereocenters. The Kier molecular flexibility index (Phi) is 6.13. The number of hydrogen-bond acceptors (Lipinski definition) is 4. The van der Waals surface area contributed by atoms with E-state index >= 15 is 0 Å². The molecule has 0 bridgehead atoms. The molecule has 0 N–H and O–H groups in total. The number of imide groups is 1. The number of likely N-dealkylation sites (N-methyl/N-ethyl adjacent to an activating group) is 1. The molecule has 158 valence electrons. The van der Waals surface area contributed by atoms with Gasteiger partial charge in [-0.3, -0.25) is 14.7 Å². The van der Waals surface area contributed by atoms with Crippen LogP contribution in [-0.2, 0) is 17.6 Å². The summed E-state index contributed by atoms with van der Waals surface area (Å²) in [6.07, 6.45) is 7.59. The number of rotatable bonds is 7. The summed E-state index contributed by atoms with van der Waals surface area (Å²) in [5, 5.41) is 0. The molecule has 2 aromatic rings. The zero-order chi connectivity index (χ0) is 21.0. The van der Waals surface area contributed by atoms with Crippen molar-refractivity contribution in [3.05, 3.63) is 66.0 Å². The second kappa shape index (κ2) is 8.96. The summed E-state index contributed by atoms with van der Waals surface area (Å²) in [6.45, 7) is 3.16. The number of urea groups is 1. The second-order valence-electron chi connectivity index (χ2n) is 8.37. The largest absolute Gasteiger partial charge is 0.327 e. The summed E-state index contributed by atoms with van der Waals surface area (Å²) in [5.41, 5.74) is 1.86. The van der Waals surface area contributed by atoms with E-state index < -0.39 is 5.54 Å². The van der Waals surface area contributed by atoms with E-state index in [0.717, 1.165) is 38.9 Å². The first-order valence-electron chi connectivity index (χ1n) is 10.9. The molecule has 2 saturated heterocycles. The van der Waals surface area contributed by atoms with Gasteiger partial charge in [0.15, 0.2) is 0 Å². The van der Waals surface area contributed by atoms with Crippen molar-refractivity contribution in [1.29, 1.82) is 0 Å². The summed E-state index contributed by atoms with van der Waals surface area (Å²) >= 11 is 0. The SMILES string of the molecule is CN1C(=O)N(CCCc2ccncc2)C(=O)C12CCN(CCc1ccccc1)CC2. The molecule has 3 amide bonds. The average molecular weight is 407 g/mol. The van der Waals surface area contributed by atoms with Gasteiger partial charge in [-0.2, -0.15) is 0 Å². The highest BCUT2D eigenvalue weighted by Gasteiger charge is 2.56. The van der Waals surface area contributed by atoms with Gasteiger partial charge in [-0.1, -0.05) is 30.3 Å². The van der Waals surface area contributed by atoms with E-state index in [1.807, 2.05) is 18.2 Å². The monoisotopic (exact) mass is 406 g/mol. The van der Waals surface area contributed by atoms with Crippen LogP contribution in [0.5, 0.6) is 0 Å². The molecule has 30 heavy (non-hydrogen) atoms. The van der Waals surface area contributed by atoms with Crippen molar-refractivity contribution in [3.63, 3.8) is 0 Å². The quantitative estimate of drug-likeness (QED) is 0.664. The number of likely N-dealkylation sites (tertiary alicyclic amines) is 1. The van der Waals surface area contributed by atoms with Crippen molar-refractivity contribution >= 4 is 11.9 Å². The highest BCUT2D eigenvalue weighted by molar-refractivity contribution is 6.07. The maximum absolute atomic E-state index is 13.3. The number of pyridine rings is 1. The van der Waals surface area contributed by atoms with Crippen molar-refractivity contribution < 1.29 is 9.59 Å². The number of carbonyl (C=O) groups is 2. The molecule has 6 nitrogen and oxygen atoms in total. The van der Waals surface area contributed by atoms with Crippen molar-refractivity contribution in [2.75, 3.05) is 33.2 Å². The van der Waals surface area contributed by atoms with Crippen LogP contribution in [0.4, 0.5) is 4.79 Å². The molecule has 0 aliphatic carbocycles. The van der Waals surface area contributed by atoms with Crippen LogP contribution >= 0.6 is 0 Å². The first-order valence-corrected chi connectivity index (χ1v) is 10.9. The standard InChI is InChI=1S/C24H30N4O2/c1-26-23(30)28(16-5-8-21-9-14-25-15-10-21)22(29)24(26)12-18-27(19-13-24)17-11-20-6-3-2-4-7-20/h2-4,6-7,9-10,14-15H,5,8,11-13,16-19H2,1H3. The van der Waals surface area contributed by atoms with Gasteiger partial charge in [0.25, 0.3) is 5.91 Å². The molecule has 2 aliphatic heterocycles. The lowest BCUT2D eigenvalue weighted by molar-refractivity contribution is -0.135. The van der Waals surface area contributed by atoms with Gasteiger partial charge in [0.1, 0.15) is 5.54 Å². The van der Waals surface area contributed by atoms with Crippen LogP contribution in [0.3, 0.4) is 0 Å². The molecule has 2 fully saturated rings. The zero-order valence-electron chi connectivity index (χ0n) is 17.7. The van der Waals surface area contributed by atoms with E-state index in [9.17, 15) is 9.59 Å². The number of aryl methyl sites for hydroxylation is 1. The Balaban J connectivity index is 1.31. The van der Waals surface area contributed by atoms with Gasteiger partial charge in [-0.25, -0.2) is 4.79 Å². The van der Waals surface area contributed by atoms with E-state index in [4.69, 9.17) is 0 Å². The molecule has 1 aromatic carbocycles. The van der Waals surface area contributed by atoms with Crippen molar-refractivity contribution in [2.24, 2.45) is 0 Å². The van der Waals surface area contributed by atoms with E-state index in [1.165, 1.54) is 16.0 Å². The molecular weight excluding hydrogens is 376 g/mol. The zero-order valence-corrected chi connectivity index (χ0v) is 17.7.